The van der Waals surface area contributed by atoms with Crippen molar-refractivity contribution in [2.75, 3.05) is 0 Å². The Labute approximate surface area is 246 Å². The summed E-state index contributed by atoms with van der Waals surface area (Å²) in [5.41, 5.74) is 3.52. The first-order valence-electron chi connectivity index (χ1n) is 14.2. The Balaban J connectivity index is 1.58. The van der Waals surface area contributed by atoms with Gasteiger partial charge in [0.15, 0.2) is 0 Å². The average Bonchev–Trinajstić information content (AvgIpc) is 3.34. The molecular formula is C34H40N4O4. The summed E-state index contributed by atoms with van der Waals surface area (Å²) in [6, 6.07) is 23.0. The largest absolute Gasteiger partial charge is 0.391 e. The average molecular weight is 569 g/mol. The highest BCUT2D eigenvalue weighted by Crippen LogP contribution is 2.20. The Kier molecular flexibility index (Phi) is 9.80. The third-order valence-corrected chi connectivity index (χ3v) is 7.06. The summed E-state index contributed by atoms with van der Waals surface area (Å²) in [6.45, 7) is 7.12. The lowest BCUT2D eigenvalue weighted by Crippen LogP contribution is -2.54. The molecule has 42 heavy (non-hydrogen) atoms. The van der Waals surface area contributed by atoms with Crippen LogP contribution in [-0.2, 0) is 28.9 Å². The van der Waals surface area contributed by atoms with Crippen LogP contribution in [0, 0.1) is 0 Å². The van der Waals surface area contributed by atoms with Crippen molar-refractivity contribution in [1.82, 2.24) is 20.9 Å². The third kappa shape index (κ3) is 8.30. The summed E-state index contributed by atoms with van der Waals surface area (Å²) >= 11 is 0. The number of carbonyl (C=O) groups is 3. The van der Waals surface area contributed by atoms with E-state index in [0.717, 1.165) is 22.0 Å². The lowest BCUT2D eigenvalue weighted by Gasteiger charge is -2.28. The number of rotatable bonds is 11. The number of aliphatic hydroxyl groups is 1. The zero-order valence-electron chi connectivity index (χ0n) is 24.6. The van der Waals surface area contributed by atoms with Crippen LogP contribution in [0.15, 0.2) is 85.1 Å². The Bertz CT molecular complexity index is 1520. The lowest BCUT2D eigenvalue weighted by molar-refractivity contribution is -0.129. The maximum Gasteiger partial charge on any atom is 0.251 e. The van der Waals surface area contributed by atoms with Gasteiger partial charge in [-0.05, 0) is 56.0 Å². The Morgan fingerprint density at radius 3 is 2.19 bits per heavy atom. The molecule has 4 aromatic rings. The highest BCUT2D eigenvalue weighted by atomic mass is 16.3. The van der Waals surface area contributed by atoms with E-state index in [4.69, 9.17) is 0 Å². The van der Waals surface area contributed by atoms with Crippen LogP contribution in [0.1, 0.15) is 54.7 Å². The molecule has 3 aromatic carbocycles. The quantitative estimate of drug-likeness (QED) is 0.187. The van der Waals surface area contributed by atoms with Gasteiger partial charge in [0, 0.05) is 48.0 Å². The lowest BCUT2D eigenvalue weighted by atomic mass is 9.93. The number of aromatic amines is 1. The molecule has 0 aliphatic carbocycles. The second-order valence-electron chi connectivity index (χ2n) is 11.8. The van der Waals surface area contributed by atoms with Crippen LogP contribution in [0.5, 0.6) is 0 Å². The molecule has 1 aromatic heterocycles. The smallest absolute Gasteiger partial charge is 0.251 e. The number of para-hydroxylation sites is 1. The fourth-order valence-corrected chi connectivity index (χ4v) is 5.10. The monoisotopic (exact) mass is 568 g/mol. The van der Waals surface area contributed by atoms with Crippen LogP contribution in [0.3, 0.4) is 0 Å². The molecule has 220 valence electrons. The highest BCUT2D eigenvalue weighted by Gasteiger charge is 2.29. The minimum atomic E-state index is -1.01. The van der Waals surface area contributed by atoms with Crippen LogP contribution in [-0.4, -0.2) is 51.5 Å². The van der Waals surface area contributed by atoms with Crippen molar-refractivity contribution in [2.24, 2.45) is 0 Å². The minimum absolute atomic E-state index is 0.152. The van der Waals surface area contributed by atoms with Crippen molar-refractivity contribution in [3.05, 3.63) is 107 Å². The molecule has 5 N–H and O–H groups in total. The summed E-state index contributed by atoms with van der Waals surface area (Å²) in [5, 5.41) is 21.3. The molecule has 3 amide bonds. The molecule has 8 nitrogen and oxygen atoms in total. The number of carbonyl (C=O) groups excluding carboxylic acids is 3. The van der Waals surface area contributed by atoms with Crippen molar-refractivity contribution in [3.63, 3.8) is 0 Å². The maximum absolute atomic E-state index is 13.7. The van der Waals surface area contributed by atoms with Gasteiger partial charge in [-0.3, -0.25) is 14.4 Å². The van der Waals surface area contributed by atoms with E-state index in [1.165, 1.54) is 6.92 Å². The first kappa shape index (κ1) is 30.5. The molecule has 0 aliphatic rings. The summed E-state index contributed by atoms with van der Waals surface area (Å²) < 4.78 is 0. The highest BCUT2D eigenvalue weighted by molar-refractivity contribution is 5.96. The van der Waals surface area contributed by atoms with E-state index in [1.807, 2.05) is 93.7 Å². The van der Waals surface area contributed by atoms with Gasteiger partial charge in [0.2, 0.25) is 11.8 Å². The van der Waals surface area contributed by atoms with Crippen LogP contribution in [0.2, 0.25) is 0 Å². The molecule has 0 spiro atoms. The van der Waals surface area contributed by atoms with Crippen LogP contribution >= 0.6 is 0 Å². The Morgan fingerprint density at radius 2 is 1.48 bits per heavy atom. The van der Waals surface area contributed by atoms with E-state index in [2.05, 4.69) is 20.9 Å². The topological polar surface area (TPSA) is 123 Å². The molecule has 8 heteroatoms. The summed E-state index contributed by atoms with van der Waals surface area (Å²) in [6.07, 6.45) is 1.63. The molecule has 0 aliphatic heterocycles. The number of aromatic nitrogens is 1. The zero-order chi connectivity index (χ0) is 30.3. The fraction of sp³-hybridized carbons (Fsp3) is 0.324. The second kappa shape index (κ2) is 13.5. The van der Waals surface area contributed by atoms with E-state index in [0.29, 0.717) is 17.5 Å². The van der Waals surface area contributed by atoms with Crippen LogP contribution in [0.25, 0.3) is 10.9 Å². The number of aliphatic hydroxyl groups excluding tert-OH is 1. The Hall–Kier alpha value is -4.43. The van der Waals surface area contributed by atoms with Gasteiger partial charge in [-0.2, -0.15) is 0 Å². The predicted octanol–water partition coefficient (Wildman–Crippen LogP) is 4.07. The fourth-order valence-electron chi connectivity index (χ4n) is 5.10. The molecule has 0 unspecified atom stereocenters. The van der Waals surface area contributed by atoms with E-state index >= 15 is 0 Å². The number of H-pyrrole nitrogens is 1. The van der Waals surface area contributed by atoms with Crippen LogP contribution in [0.4, 0.5) is 0 Å². The molecule has 0 radical (unpaired) electrons. The molecule has 0 saturated heterocycles. The number of fused-ring (bicyclic) bond motifs is 1. The molecule has 0 fully saturated rings. The van der Waals surface area contributed by atoms with Crippen LogP contribution < -0.4 is 16.0 Å². The van der Waals surface area contributed by atoms with Gasteiger partial charge in [-0.25, -0.2) is 0 Å². The first-order chi connectivity index (χ1) is 20.0. The van der Waals surface area contributed by atoms with Gasteiger partial charge < -0.3 is 26.0 Å². The number of nitrogens with one attached hydrogen (secondary N) is 4. The van der Waals surface area contributed by atoms with Gasteiger partial charge in [-0.1, -0.05) is 66.7 Å². The van der Waals surface area contributed by atoms with Gasteiger partial charge in [0.1, 0.15) is 6.04 Å². The molecule has 0 saturated carbocycles. The molecule has 0 bridgehead atoms. The maximum atomic E-state index is 13.7. The number of hydrogen-bond acceptors (Lipinski definition) is 4. The number of hydrogen-bond donors (Lipinski definition) is 5. The summed E-state index contributed by atoms with van der Waals surface area (Å²) in [4.78, 5) is 42.1. The van der Waals surface area contributed by atoms with Crippen molar-refractivity contribution in [3.8, 4) is 0 Å². The van der Waals surface area contributed by atoms with Gasteiger partial charge in [0.25, 0.3) is 5.91 Å². The van der Waals surface area contributed by atoms with Gasteiger partial charge in [0.05, 0.1) is 12.1 Å². The predicted molar refractivity (Wildman–Crippen MR) is 165 cm³/mol. The van der Waals surface area contributed by atoms with Crippen molar-refractivity contribution in [1.29, 1.82) is 0 Å². The summed E-state index contributed by atoms with van der Waals surface area (Å²) in [7, 11) is 0. The van der Waals surface area contributed by atoms with E-state index in [1.54, 1.807) is 12.1 Å². The van der Waals surface area contributed by atoms with Gasteiger partial charge >= 0.3 is 0 Å². The molecule has 4 rings (SSSR count). The molecular weight excluding hydrogens is 528 g/mol. The van der Waals surface area contributed by atoms with E-state index < -0.39 is 29.6 Å². The normalized spacial score (nSPS) is 13.6. The second-order valence-corrected chi connectivity index (χ2v) is 11.8. The van der Waals surface area contributed by atoms with Crippen molar-refractivity contribution >= 4 is 28.6 Å². The molecule has 3 atom stereocenters. The standard InChI is InChI=1S/C34H40N4O4/c1-22(39)36-30(19-25-21-35-28-17-11-10-15-26(25)28)33(42)37-29(18-23-12-6-5-7-13-23)31(40)20-24-14-8-9-16-27(24)32(41)38-34(2,3)4/h5-17,21,29-31,35,40H,18-20H2,1-4H3,(H,36,39)(H,37,42)(H,38,41)/t29-,30+,31+/m0/s1. The zero-order valence-corrected chi connectivity index (χ0v) is 24.6. The first-order valence-corrected chi connectivity index (χ1v) is 14.2. The molecule has 1 heterocycles. The van der Waals surface area contributed by atoms with Crippen molar-refractivity contribution < 1.29 is 19.5 Å². The summed E-state index contributed by atoms with van der Waals surface area (Å²) in [5.74, 6) is -0.943. The van der Waals surface area contributed by atoms with E-state index in [9.17, 15) is 19.5 Å². The Morgan fingerprint density at radius 1 is 0.810 bits per heavy atom. The number of benzene rings is 3. The van der Waals surface area contributed by atoms with E-state index in [-0.39, 0.29) is 24.7 Å². The third-order valence-electron chi connectivity index (χ3n) is 7.06. The van der Waals surface area contributed by atoms with Gasteiger partial charge in [-0.15, -0.1) is 0 Å². The SMILES string of the molecule is CC(=O)N[C@H](Cc1c[nH]c2ccccc12)C(=O)N[C@@H](Cc1ccccc1)[C@H](O)Cc1ccccc1C(=O)NC(C)(C)C. The number of amides is 3. The minimum Gasteiger partial charge on any atom is -0.391 e. The van der Waals surface area contributed by atoms with Crippen molar-refractivity contribution in [2.45, 2.75) is 70.7 Å².